The molecule has 0 aliphatic rings. The smallest absolute Gasteiger partial charge is 0.200 e. The van der Waals surface area contributed by atoms with E-state index in [1.165, 1.54) is 0 Å². The normalized spacial score (nSPS) is 9.41. The predicted octanol–water partition coefficient (Wildman–Crippen LogP) is 3.11. The first kappa shape index (κ1) is 34.1. The molecule has 0 unspecified atom stereocenters. The first-order valence-electron chi connectivity index (χ1n) is 9.01. The summed E-state index contributed by atoms with van der Waals surface area (Å²) in [6.45, 7) is 0. The van der Waals surface area contributed by atoms with Crippen LogP contribution in [-0.4, -0.2) is 76.4 Å². The summed E-state index contributed by atoms with van der Waals surface area (Å²) >= 11 is 13.1. The van der Waals surface area contributed by atoms with Crippen molar-refractivity contribution in [2.75, 3.05) is 0 Å². The fraction of sp³-hybridized carbons (Fsp3) is 0. The molecule has 12 N–H and O–H groups in total. The quantitative estimate of drug-likeness (QED) is 0.138. The second-order valence-corrected chi connectivity index (χ2v) is 7.66. The Kier molecular flexibility index (Phi) is 13.6. The second-order valence-electron chi connectivity index (χ2n) is 6.50. The zero-order chi connectivity index (χ0) is 27.9. The Bertz CT molecular complexity index is 1100. The summed E-state index contributed by atoms with van der Waals surface area (Å²) in [6.07, 6.45) is 0. The van der Waals surface area contributed by atoms with Crippen LogP contribution in [0.1, 0.15) is 16.7 Å². The Balaban J connectivity index is 0.000000518. The first-order valence-corrected chi connectivity index (χ1v) is 10.2. The number of hydrogen-bond donors (Lipinski definition) is 12. The molecular formula is C21H18EuO12S3. The fourth-order valence-corrected chi connectivity index (χ4v) is 2.54. The number of aliphatic hydroxyl groups excluding tert-OH is 3. The van der Waals surface area contributed by atoms with Crippen molar-refractivity contribution in [3.63, 3.8) is 0 Å². The van der Waals surface area contributed by atoms with Gasteiger partial charge >= 0.3 is 0 Å². The van der Waals surface area contributed by atoms with E-state index in [2.05, 4.69) is 36.7 Å². The summed E-state index contributed by atoms with van der Waals surface area (Å²) in [6, 6.07) is 6.32. The van der Waals surface area contributed by atoms with Crippen LogP contribution >= 0.6 is 36.7 Å². The second kappa shape index (κ2) is 14.8. The van der Waals surface area contributed by atoms with Crippen molar-refractivity contribution in [3.05, 3.63) is 53.1 Å². The zero-order valence-corrected chi connectivity index (χ0v) is 22.8. The van der Waals surface area contributed by atoms with Crippen LogP contribution in [0.25, 0.3) is 0 Å². The number of aromatic hydroxyl groups is 9. The van der Waals surface area contributed by atoms with Crippen LogP contribution < -0.4 is 0 Å². The third-order valence-corrected chi connectivity index (χ3v) is 4.66. The minimum atomic E-state index is -0.630. The van der Waals surface area contributed by atoms with E-state index in [1.807, 2.05) is 0 Å². The maximum Gasteiger partial charge on any atom is 0.200 e. The summed E-state index contributed by atoms with van der Waals surface area (Å²) in [7, 11) is 0. The summed E-state index contributed by atoms with van der Waals surface area (Å²) < 4.78 is 0. The van der Waals surface area contributed by atoms with Crippen LogP contribution in [0.5, 0.6) is 51.7 Å². The molecule has 16 heteroatoms. The van der Waals surface area contributed by atoms with E-state index in [0.717, 1.165) is 36.4 Å². The molecule has 0 amide bonds. The molecule has 0 saturated heterocycles. The van der Waals surface area contributed by atoms with Crippen LogP contribution in [0.2, 0.25) is 0 Å². The van der Waals surface area contributed by atoms with E-state index in [9.17, 15) is 0 Å². The molecule has 3 aromatic rings. The fourth-order valence-electron chi connectivity index (χ4n) is 2.18. The van der Waals surface area contributed by atoms with Crippen molar-refractivity contribution in [2.45, 2.75) is 0 Å². The number of hydrogen-bond acceptors (Lipinski definition) is 12. The van der Waals surface area contributed by atoms with Gasteiger partial charge in [0.05, 0.1) is 0 Å². The molecule has 0 saturated carbocycles. The number of phenolic OH excluding ortho intramolecular Hbond substituents is 9. The Labute approximate surface area is 264 Å². The molecule has 1 radical (unpaired) electrons. The van der Waals surface area contributed by atoms with Crippen LogP contribution in [0.3, 0.4) is 0 Å². The van der Waals surface area contributed by atoms with Crippen LogP contribution in [0, 0.1) is 49.4 Å². The molecule has 37 heavy (non-hydrogen) atoms. The summed E-state index contributed by atoms with van der Waals surface area (Å²) in [4.78, 5) is 0. The largest absolute Gasteiger partial charge is 0.504 e. The molecule has 0 fully saturated rings. The average Bonchev–Trinajstić information content (AvgIpc) is 2.79. The van der Waals surface area contributed by atoms with Gasteiger partial charge in [0.25, 0.3) is 0 Å². The minimum Gasteiger partial charge on any atom is -0.504 e. The van der Waals surface area contributed by atoms with Crippen molar-refractivity contribution >= 4 is 51.8 Å². The van der Waals surface area contributed by atoms with Gasteiger partial charge in [-0.25, -0.2) is 0 Å². The third kappa shape index (κ3) is 9.83. The molecule has 0 heterocycles. The van der Waals surface area contributed by atoms with Crippen molar-refractivity contribution in [3.8, 4) is 51.7 Å². The maximum atomic E-state index is 8.95. The minimum absolute atomic E-state index is 0. The van der Waals surface area contributed by atoms with Crippen LogP contribution in [0.15, 0.2) is 36.4 Å². The van der Waals surface area contributed by atoms with Gasteiger partial charge in [0, 0.05) is 66.1 Å². The summed E-state index contributed by atoms with van der Waals surface area (Å²) in [5.41, 5.74) is 0.244. The van der Waals surface area contributed by atoms with Crippen LogP contribution in [0.4, 0.5) is 0 Å². The molecule has 199 valence electrons. The van der Waals surface area contributed by atoms with Crippen molar-refractivity contribution < 1.29 is 111 Å². The molecule has 0 aromatic heterocycles. The number of aliphatic hydroxyl groups is 3. The standard InChI is InChI=1S/3C7H6O4S.Eu/c3*8-4-1-3(7(11)12)2-5(9)6(4)10;/h3*1-2,8-10H,(H,11,12);. The van der Waals surface area contributed by atoms with E-state index in [-0.39, 0.29) is 66.1 Å². The zero-order valence-electron chi connectivity index (χ0n) is 17.9. The molecule has 3 aromatic carbocycles. The maximum absolute atomic E-state index is 8.95. The Hall–Kier alpha value is -2.89. The third-order valence-electron chi connectivity index (χ3n) is 3.95. The molecule has 0 atom stereocenters. The van der Waals surface area contributed by atoms with Crippen LogP contribution in [-0.2, 0) is 0 Å². The molecule has 0 bridgehead atoms. The van der Waals surface area contributed by atoms with Gasteiger partial charge < -0.3 is 61.3 Å². The van der Waals surface area contributed by atoms with Gasteiger partial charge in [-0.1, -0.05) is 0 Å². The predicted molar refractivity (Wildman–Crippen MR) is 137 cm³/mol. The van der Waals surface area contributed by atoms with E-state index >= 15 is 0 Å². The first-order chi connectivity index (χ1) is 16.6. The average molecular weight is 711 g/mol. The van der Waals surface area contributed by atoms with Gasteiger partial charge in [-0.2, -0.15) is 0 Å². The number of phenols is 9. The topological polar surface area (TPSA) is 243 Å². The molecule has 0 spiro atoms. The molecule has 3 rings (SSSR count). The number of rotatable bonds is 3. The van der Waals surface area contributed by atoms with Gasteiger partial charge in [-0.3, -0.25) is 0 Å². The van der Waals surface area contributed by atoms with Gasteiger partial charge in [0.2, 0.25) is 0 Å². The molecule has 12 nitrogen and oxygen atoms in total. The van der Waals surface area contributed by atoms with E-state index in [4.69, 9.17) is 61.3 Å². The van der Waals surface area contributed by atoms with Crippen molar-refractivity contribution in [1.82, 2.24) is 0 Å². The number of benzene rings is 3. The summed E-state index contributed by atoms with van der Waals surface area (Å²) in [5, 5.41) is 105. The SMILES string of the molecule is OC(=S)c1cc(O)c(O)c(O)c1.OC(=S)c1cc(O)c(O)c(O)c1.OC(=S)c1cc(O)c(O)c(O)c1.[Eu]. The van der Waals surface area contributed by atoms with Crippen molar-refractivity contribution in [1.29, 1.82) is 0 Å². The van der Waals surface area contributed by atoms with Gasteiger partial charge in [-0.05, 0) is 73.1 Å². The van der Waals surface area contributed by atoms with Gasteiger partial charge in [0.15, 0.2) is 66.9 Å². The molecule has 0 aliphatic carbocycles. The van der Waals surface area contributed by atoms with E-state index < -0.39 is 66.9 Å². The van der Waals surface area contributed by atoms with Gasteiger partial charge in [-0.15, -0.1) is 0 Å². The van der Waals surface area contributed by atoms with E-state index in [1.54, 1.807) is 0 Å². The van der Waals surface area contributed by atoms with Crippen molar-refractivity contribution in [2.24, 2.45) is 0 Å². The Morgan fingerprint density at radius 2 is 0.514 bits per heavy atom. The summed E-state index contributed by atoms with van der Waals surface area (Å²) in [5.74, 6) is -5.05. The number of thiocarbonyl (C=S) groups is 3. The Morgan fingerprint density at radius 1 is 0.378 bits per heavy atom. The molecular weight excluding hydrogens is 692 g/mol. The molecule has 0 aliphatic heterocycles. The van der Waals surface area contributed by atoms with Gasteiger partial charge in [0.1, 0.15) is 0 Å². The Morgan fingerprint density at radius 3 is 0.622 bits per heavy atom. The monoisotopic (exact) mass is 711 g/mol. The van der Waals surface area contributed by atoms with E-state index in [0.29, 0.717) is 0 Å².